The molecule has 4 heteroatoms. The predicted octanol–water partition coefficient (Wildman–Crippen LogP) is 21.5. The molecule has 16 rings (SSSR count). The van der Waals surface area contributed by atoms with Gasteiger partial charge in [0.15, 0.2) is 5.69 Å². The maximum absolute atomic E-state index is 10.5. The third-order valence-corrected chi connectivity index (χ3v) is 17.7. The van der Waals surface area contributed by atoms with E-state index in [1.807, 2.05) is 36.4 Å². The minimum absolute atomic E-state index is 0.113. The summed E-state index contributed by atoms with van der Waals surface area (Å²) in [4.78, 5) is 8.84. The Kier molecular flexibility index (Phi) is 12.1. The van der Waals surface area contributed by atoms with Crippen LogP contribution in [0.2, 0.25) is 0 Å². The van der Waals surface area contributed by atoms with Gasteiger partial charge in [-0.2, -0.15) is 5.26 Å². The number of allylic oxidation sites excluding steroid dienone is 10. The fourth-order valence-corrected chi connectivity index (χ4v) is 13.6. The van der Waals surface area contributed by atoms with Gasteiger partial charge in [-0.15, -0.1) is 0 Å². The van der Waals surface area contributed by atoms with Crippen molar-refractivity contribution in [3.63, 3.8) is 0 Å². The van der Waals surface area contributed by atoms with Gasteiger partial charge in [0.25, 0.3) is 0 Å². The van der Waals surface area contributed by atoms with Crippen molar-refractivity contribution in [3.8, 4) is 50.6 Å². The van der Waals surface area contributed by atoms with Crippen LogP contribution in [0.5, 0.6) is 0 Å². The molecule has 4 nitrogen and oxygen atoms in total. The van der Waals surface area contributed by atoms with Crippen LogP contribution in [0.1, 0.15) is 5.56 Å². The van der Waals surface area contributed by atoms with Crippen molar-refractivity contribution in [1.29, 1.82) is 5.26 Å². The minimum Gasteiger partial charge on any atom is -0.330 e. The fourth-order valence-electron chi connectivity index (χ4n) is 13.6. The molecule has 4 aliphatic rings. The molecule has 2 unspecified atom stereocenters. The molecule has 0 spiro atoms. The molecule has 12 aromatic carbocycles. The molecule has 0 bridgehead atoms. The Balaban J connectivity index is 0.867. The van der Waals surface area contributed by atoms with Gasteiger partial charge in [0, 0.05) is 34.1 Å². The van der Waals surface area contributed by atoms with Gasteiger partial charge in [-0.05, 0) is 189 Å². The Morgan fingerprint density at radius 2 is 0.919 bits per heavy atom. The van der Waals surface area contributed by atoms with Crippen LogP contribution >= 0.6 is 0 Å². The van der Waals surface area contributed by atoms with Crippen LogP contribution in [0.4, 0.5) is 28.4 Å². The Morgan fingerprint density at radius 1 is 0.407 bits per heavy atom. The van der Waals surface area contributed by atoms with Gasteiger partial charge in [0.1, 0.15) is 0 Å². The summed E-state index contributed by atoms with van der Waals surface area (Å²) in [6.45, 7) is 8.26. The van der Waals surface area contributed by atoms with Crippen molar-refractivity contribution in [2.75, 3.05) is 9.80 Å². The molecule has 0 fully saturated rings. The first-order valence-corrected chi connectivity index (χ1v) is 29.3. The first-order chi connectivity index (χ1) is 42.5. The molecular weight excluding hydrogens is 1040 g/mol. The molecule has 12 aromatic rings. The van der Waals surface area contributed by atoms with Crippen molar-refractivity contribution in [1.82, 2.24) is 0 Å². The third-order valence-electron chi connectivity index (χ3n) is 17.7. The molecular formula is C82H52N4. The van der Waals surface area contributed by atoms with Crippen LogP contribution in [0.25, 0.3) is 92.4 Å². The molecule has 0 amide bonds. The van der Waals surface area contributed by atoms with Crippen LogP contribution in [0.15, 0.2) is 337 Å². The SMILES string of the molecule is [C-]#[N+]c1cccc(N(C2=C3C=CC4=C5C(=CC=C(C=C2)C35)C(N(c2cccc(C#N)c2)c2ccc(-c3ccc5ccccc5c3)cc2-c2ccc3ccccc3c2)C=C4)c2ccc(-c3ccc4ccccc4c3)cc2-c2ccc3ccccc3c2)c1. The molecule has 0 saturated heterocycles. The molecule has 0 aromatic heterocycles. The first-order valence-electron chi connectivity index (χ1n) is 29.3. The largest absolute Gasteiger partial charge is 0.330 e. The van der Waals surface area contributed by atoms with Gasteiger partial charge in [-0.3, -0.25) is 0 Å². The number of nitrogens with zero attached hydrogens (tertiary/aromatic N) is 4. The zero-order valence-electron chi connectivity index (χ0n) is 46.8. The van der Waals surface area contributed by atoms with Gasteiger partial charge < -0.3 is 9.80 Å². The highest BCUT2D eigenvalue weighted by molar-refractivity contribution is 5.98. The minimum atomic E-state index is -0.276. The van der Waals surface area contributed by atoms with E-state index in [1.165, 1.54) is 65.6 Å². The van der Waals surface area contributed by atoms with Crippen LogP contribution < -0.4 is 9.80 Å². The van der Waals surface area contributed by atoms with E-state index in [0.29, 0.717) is 11.3 Å². The molecule has 0 aliphatic heterocycles. The van der Waals surface area contributed by atoms with Gasteiger partial charge in [0.2, 0.25) is 0 Å². The number of nitriles is 1. The van der Waals surface area contributed by atoms with Crippen molar-refractivity contribution in [3.05, 3.63) is 354 Å². The number of hydrogen-bond donors (Lipinski definition) is 0. The zero-order valence-corrected chi connectivity index (χ0v) is 46.8. The molecule has 2 atom stereocenters. The lowest BCUT2D eigenvalue weighted by atomic mass is 9.67. The lowest BCUT2D eigenvalue weighted by Gasteiger charge is -2.44. The standard InChI is InChI=1S/C82H52N4/c1-84-70-21-11-23-72(51-70)86(80-43-37-67(65-29-25-55-14-3-7-18-61(55)46-65)50-76(80)69-31-27-57-16-5-9-20-63(57)48-69)78-41-35-59-32-38-73-77(40-34-58-33-39-74(78)82(59)81(58)73)85(71-22-10-12-53(44-71)52-83)79-42-36-66(64-28-24-54-13-2-6-17-60(54)45-64)49-75(79)68-30-26-56-15-4-8-19-62(56)47-68/h2-51,77,82H. The van der Waals surface area contributed by atoms with Crippen molar-refractivity contribution >= 4 is 71.5 Å². The number of hydrogen-bond acceptors (Lipinski definition) is 3. The number of fused-ring (bicyclic) bond motifs is 4. The summed E-state index contributed by atoms with van der Waals surface area (Å²) < 4.78 is 0. The monoisotopic (exact) mass is 1090 g/mol. The van der Waals surface area contributed by atoms with E-state index >= 15 is 0 Å². The van der Waals surface area contributed by atoms with E-state index in [0.717, 1.165) is 78.3 Å². The smallest absolute Gasteiger partial charge is 0.189 e. The maximum atomic E-state index is 10.5. The Bertz CT molecular complexity index is 5180. The second-order valence-electron chi connectivity index (χ2n) is 22.6. The normalized spacial score (nSPS) is 15.6. The van der Waals surface area contributed by atoms with Gasteiger partial charge >= 0.3 is 0 Å². The quantitative estimate of drug-likeness (QED) is 0.128. The summed E-state index contributed by atoms with van der Waals surface area (Å²) in [5, 5.41) is 20.0. The maximum Gasteiger partial charge on any atom is 0.189 e. The summed E-state index contributed by atoms with van der Waals surface area (Å²) in [6.07, 6.45) is 18.5. The molecule has 400 valence electrons. The third kappa shape index (κ3) is 8.68. The lowest BCUT2D eigenvalue weighted by molar-refractivity contribution is 0.773. The van der Waals surface area contributed by atoms with Crippen LogP contribution in [-0.2, 0) is 0 Å². The van der Waals surface area contributed by atoms with Gasteiger partial charge in [-0.25, -0.2) is 4.85 Å². The van der Waals surface area contributed by atoms with E-state index in [2.05, 4.69) is 288 Å². The Labute approximate surface area is 500 Å². The van der Waals surface area contributed by atoms with Crippen LogP contribution in [-0.4, -0.2) is 6.04 Å². The van der Waals surface area contributed by atoms with Gasteiger partial charge in [-0.1, -0.05) is 218 Å². The first kappa shape index (κ1) is 50.2. The average molecular weight is 1090 g/mol. The number of anilines is 4. The highest BCUT2D eigenvalue weighted by atomic mass is 15.2. The fraction of sp³-hybridized carbons (Fsp3) is 0.0244. The molecule has 0 radical (unpaired) electrons. The molecule has 4 aliphatic carbocycles. The van der Waals surface area contributed by atoms with Crippen LogP contribution in [0, 0.1) is 23.8 Å². The van der Waals surface area contributed by atoms with E-state index in [4.69, 9.17) is 6.57 Å². The van der Waals surface area contributed by atoms with Crippen molar-refractivity contribution < 1.29 is 0 Å². The lowest BCUT2D eigenvalue weighted by Crippen LogP contribution is -2.37. The topological polar surface area (TPSA) is 34.6 Å². The van der Waals surface area contributed by atoms with E-state index in [-0.39, 0.29) is 12.0 Å². The summed E-state index contributed by atoms with van der Waals surface area (Å²) >= 11 is 0. The average Bonchev–Trinajstić information content (AvgIpc) is 0.860. The summed E-state index contributed by atoms with van der Waals surface area (Å²) in [5.41, 5.74) is 20.9. The molecule has 0 saturated carbocycles. The highest BCUT2D eigenvalue weighted by Gasteiger charge is 2.41. The molecule has 86 heavy (non-hydrogen) atoms. The number of benzene rings is 12. The molecule has 0 N–H and O–H groups in total. The summed E-state index contributed by atoms with van der Waals surface area (Å²) in [6, 6.07) is 93.4. The second kappa shape index (κ2) is 20.7. The van der Waals surface area contributed by atoms with E-state index in [1.54, 1.807) is 0 Å². The summed E-state index contributed by atoms with van der Waals surface area (Å²) in [7, 11) is 0. The van der Waals surface area contributed by atoms with E-state index in [9.17, 15) is 5.26 Å². The van der Waals surface area contributed by atoms with E-state index < -0.39 is 0 Å². The van der Waals surface area contributed by atoms with Gasteiger partial charge in [0.05, 0.1) is 35.6 Å². The number of rotatable bonds is 10. The van der Waals surface area contributed by atoms with Crippen molar-refractivity contribution in [2.24, 2.45) is 5.92 Å². The second-order valence-corrected chi connectivity index (χ2v) is 22.6. The highest BCUT2D eigenvalue weighted by Crippen LogP contribution is 2.54. The molecule has 0 heterocycles. The van der Waals surface area contributed by atoms with Crippen molar-refractivity contribution in [2.45, 2.75) is 6.04 Å². The zero-order chi connectivity index (χ0) is 57.2. The predicted molar refractivity (Wildman–Crippen MR) is 358 cm³/mol. The van der Waals surface area contributed by atoms with Crippen LogP contribution in [0.3, 0.4) is 0 Å². The Morgan fingerprint density at radius 3 is 1.51 bits per heavy atom. The Hall–Kier alpha value is -11.6. The summed E-state index contributed by atoms with van der Waals surface area (Å²) in [5.74, 6) is -0.113.